The van der Waals surface area contributed by atoms with Gasteiger partial charge in [-0.25, -0.2) is 4.90 Å². The predicted octanol–water partition coefficient (Wildman–Crippen LogP) is 2.61. The van der Waals surface area contributed by atoms with E-state index < -0.39 is 6.61 Å². The van der Waals surface area contributed by atoms with E-state index in [9.17, 15) is 18.4 Å². The molecule has 7 heteroatoms. The van der Waals surface area contributed by atoms with Gasteiger partial charge in [-0.15, -0.1) is 0 Å². The molecule has 1 aromatic rings. The topological polar surface area (TPSA) is 55.8 Å². The lowest BCUT2D eigenvalue weighted by Crippen LogP contribution is -2.32. The molecule has 2 fully saturated rings. The van der Waals surface area contributed by atoms with Crippen molar-refractivity contribution in [2.75, 3.05) is 12.0 Å². The number of allylic oxidation sites excluding steroid dienone is 2. The molecule has 5 nitrogen and oxygen atoms in total. The van der Waals surface area contributed by atoms with Crippen molar-refractivity contribution in [1.82, 2.24) is 0 Å². The van der Waals surface area contributed by atoms with Crippen LogP contribution in [0, 0.1) is 23.7 Å². The molecular weight excluding hydrogens is 320 g/mol. The number of fused-ring (bicyclic) bond motifs is 5. The number of benzene rings is 1. The second-order valence-corrected chi connectivity index (χ2v) is 6.23. The number of halogens is 2. The van der Waals surface area contributed by atoms with E-state index in [2.05, 4.69) is 4.74 Å². The van der Waals surface area contributed by atoms with Gasteiger partial charge in [0.1, 0.15) is 0 Å². The van der Waals surface area contributed by atoms with Gasteiger partial charge in [0.05, 0.1) is 24.6 Å². The highest BCUT2D eigenvalue weighted by Crippen LogP contribution is 2.53. The Kier molecular flexibility index (Phi) is 3.33. The lowest BCUT2D eigenvalue weighted by atomic mass is 9.85. The van der Waals surface area contributed by atoms with E-state index in [-0.39, 0.29) is 52.7 Å². The van der Waals surface area contributed by atoms with Gasteiger partial charge in [-0.05, 0) is 30.4 Å². The number of ether oxygens (including phenoxy) is 2. The Morgan fingerprint density at radius 2 is 1.71 bits per heavy atom. The summed E-state index contributed by atoms with van der Waals surface area (Å²) in [5, 5.41) is 0. The number of hydrogen-bond donors (Lipinski definition) is 0. The molecule has 2 aliphatic carbocycles. The van der Waals surface area contributed by atoms with E-state index in [1.807, 2.05) is 12.2 Å². The van der Waals surface area contributed by atoms with Crippen LogP contribution in [-0.4, -0.2) is 25.5 Å². The normalized spacial score (nSPS) is 30.4. The lowest BCUT2D eigenvalue weighted by Gasteiger charge is -2.19. The van der Waals surface area contributed by atoms with Crippen LogP contribution in [0.5, 0.6) is 11.5 Å². The van der Waals surface area contributed by atoms with Gasteiger partial charge in [0.15, 0.2) is 11.5 Å². The van der Waals surface area contributed by atoms with Crippen molar-refractivity contribution in [1.29, 1.82) is 0 Å². The molecule has 0 spiro atoms. The monoisotopic (exact) mass is 335 g/mol. The van der Waals surface area contributed by atoms with Crippen LogP contribution in [0.15, 0.2) is 30.4 Å². The minimum Gasteiger partial charge on any atom is -0.493 e. The maximum absolute atomic E-state index is 12.7. The molecule has 0 radical (unpaired) electrons. The third-order valence-electron chi connectivity index (χ3n) is 5.09. The maximum atomic E-state index is 12.7. The van der Waals surface area contributed by atoms with E-state index in [0.717, 1.165) is 11.3 Å². The van der Waals surface area contributed by atoms with Gasteiger partial charge >= 0.3 is 6.61 Å². The van der Waals surface area contributed by atoms with Gasteiger partial charge in [-0.3, -0.25) is 9.59 Å². The highest BCUT2D eigenvalue weighted by molar-refractivity contribution is 6.22. The Bertz CT molecular complexity index is 718. The lowest BCUT2D eigenvalue weighted by molar-refractivity contribution is -0.123. The molecule has 24 heavy (non-hydrogen) atoms. The number of methoxy groups -OCH3 is 1. The van der Waals surface area contributed by atoms with Crippen LogP contribution >= 0.6 is 0 Å². The molecule has 2 bridgehead atoms. The van der Waals surface area contributed by atoms with Crippen LogP contribution in [0.2, 0.25) is 0 Å². The molecule has 0 aromatic heterocycles. The zero-order chi connectivity index (χ0) is 17.0. The van der Waals surface area contributed by atoms with Crippen molar-refractivity contribution < 1.29 is 27.8 Å². The zero-order valence-corrected chi connectivity index (χ0v) is 12.8. The van der Waals surface area contributed by atoms with Crippen molar-refractivity contribution >= 4 is 17.5 Å². The van der Waals surface area contributed by atoms with Crippen LogP contribution in [0.1, 0.15) is 6.42 Å². The van der Waals surface area contributed by atoms with Crippen molar-refractivity contribution in [3.8, 4) is 11.5 Å². The predicted molar refractivity (Wildman–Crippen MR) is 79.8 cm³/mol. The standard InChI is InChI=1S/C17H15F2NO4/c1-23-11-5-4-10(7-12(11)24-17(18)19)20-15(21)13-8-2-3-9(6-8)14(13)16(20)22/h2-5,7-9,13-14,17H,6H2,1H3/t8-,9-,13+,14+/m0/s1. The summed E-state index contributed by atoms with van der Waals surface area (Å²) >= 11 is 0. The van der Waals surface area contributed by atoms with E-state index in [4.69, 9.17) is 4.74 Å². The first-order chi connectivity index (χ1) is 11.5. The smallest absolute Gasteiger partial charge is 0.387 e. The second kappa shape index (κ2) is 5.29. The number of anilines is 1. The number of alkyl halides is 2. The average Bonchev–Trinajstić information content (AvgIpc) is 3.21. The van der Waals surface area contributed by atoms with E-state index in [0.29, 0.717) is 0 Å². The molecule has 2 amide bonds. The van der Waals surface area contributed by atoms with Crippen LogP contribution in [0.25, 0.3) is 0 Å². The number of carbonyl (C=O) groups excluding carboxylic acids is 2. The number of nitrogens with zero attached hydrogens (tertiary/aromatic N) is 1. The van der Waals surface area contributed by atoms with Crippen molar-refractivity contribution in [2.45, 2.75) is 13.0 Å². The van der Waals surface area contributed by atoms with E-state index in [1.54, 1.807) is 0 Å². The van der Waals surface area contributed by atoms with Gasteiger partial charge in [-0.2, -0.15) is 8.78 Å². The molecule has 0 unspecified atom stereocenters. The quantitative estimate of drug-likeness (QED) is 0.627. The molecular formula is C17H15F2NO4. The molecule has 1 heterocycles. The summed E-state index contributed by atoms with van der Waals surface area (Å²) in [4.78, 5) is 26.5. The second-order valence-electron chi connectivity index (χ2n) is 6.23. The molecule has 1 aromatic carbocycles. The van der Waals surface area contributed by atoms with Gasteiger partial charge in [0, 0.05) is 6.07 Å². The fraction of sp³-hybridized carbons (Fsp3) is 0.412. The Morgan fingerprint density at radius 1 is 1.08 bits per heavy atom. The van der Waals surface area contributed by atoms with E-state index >= 15 is 0 Å². The minimum atomic E-state index is -3.03. The van der Waals surface area contributed by atoms with Gasteiger partial charge in [0.25, 0.3) is 0 Å². The third-order valence-corrected chi connectivity index (χ3v) is 5.09. The molecule has 1 saturated heterocycles. The number of carbonyl (C=O) groups is 2. The molecule has 4 atom stereocenters. The number of amides is 2. The highest BCUT2D eigenvalue weighted by atomic mass is 19.3. The Morgan fingerprint density at radius 3 is 2.25 bits per heavy atom. The Labute approximate surface area is 136 Å². The van der Waals surface area contributed by atoms with Crippen molar-refractivity contribution in [3.05, 3.63) is 30.4 Å². The highest BCUT2D eigenvalue weighted by Gasteiger charge is 2.59. The number of imide groups is 1. The summed E-state index contributed by atoms with van der Waals surface area (Å²) in [5.74, 6) is -1.12. The fourth-order valence-corrected chi connectivity index (χ4v) is 4.15. The third kappa shape index (κ3) is 2.03. The molecule has 4 rings (SSSR count). The summed E-state index contributed by atoms with van der Waals surface area (Å²) in [5.41, 5.74) is 0.232. The number of hydrogen-bond acceptors (Lipinski definition) is 4. The van der Waals surface area contributed by atoms with Crippen LogP contribution in [0.4, 0.5) is 14.5 Å². The van der Waals surface area contributed by atoms with Gasteiger partial charge in [-0.1, -0.05) is 12.2 Å². The molecule has 1 aliphatic heterocycles. The van der Waals surface area contributed by atoms with Crippen molar-refractivity contribution in [3.63, 3.8) is 0 Å². The molecule has 126 valence electrons. The summed E-state index contributed by atoms with van der Waals surface area (Å²) in [6.45, 7) is -3.03. The summed E-state index contributed by atoms with van der Waals surface area (Å²) in [6.07, 6.45) is 4.84. The van der Waals surface area contributed by atoms with Gasteiger partial charge < -0.3 is 9.47 Å². The van der Waals surface area contributed by atoms with Crippen LogP contribution in [-0.2, 0) is 9.59 Å². The first kappa shape index (κ1) is 15.1. The van der Waals surface area contributed by atoms with Crippen LogP contribution < -0.4 is 14.4 Å². The minimum absolute atomic E-state index is 0.0940. The summed E-state index contributed by atoms with van der Waals surface area (Å²) < 4.78 is 34.5. The largest absolute Gasteiger partial charge is 0.493 e. The average molecular weight is 335 g/mol. The van der Waals surface area contributed by atoms with Crippen LogP contribution in [0.3, 0.4) is 0 Å². The SMILES string of the molecule is COc1ccc(N2C(=O)[C@H]3[C@H](C2=O)[C@H]2C=C[C@H]3C2)cc1OC(F)F. The maximum Gasteiger partial charge on any atom is 0.387 e. The first-order valence-electron chi connectivity index (χ1n) is 7.70. The van der Waals surface area contributed by atoms with Crippen molar-refractivity contribution in [2.24, 2.45) is 23.7 Å². The number of rotatable bonds is 4. The molecule has 0 N–H and O–H groups in total. The Balaban J connectivity index is 1.69. The Hall–Kier alpha value is -2.44. The van der Waals surface area contributed by atoms with E-state index in [1.165, 1.54) is 25.3 Å². The van der Waals surface area contributed by atoms with Gasteiger partial charge in [0.2, 0.25) is 11.8 Å². The summed E-state index contributed by atoms with van der Waals surface area (Å²) in [6, 6.07) is 4.16. The zero-order valence-electron chi connectivity index (χ0n) is 12.8. The first-order valence-corrected chi connectivity index (χ1v) is 7.70. The summed E-state index contributed by atoms with van der Waals surface area (Å²) in [7, 11) is 1.33. The molecule has 1 saturated carbocycles. The fourth-order valence-electron chi connectivity index (χ4n) is 4.15. The molecule has 3 aliphatic rings.